The van der Waals surface area contributed by atoms with E-state index >= 15 is 0 Å². The fourth-order valence-electron chi connectivity index (χ4n) is 2.96. The standard InChI is InChI=1S/C17H26N4O.2ClH/c22-17(19-12-16-10-18-11-16)14-21-8-6-20(7-9-21)13-15-4-2-1-3-5-15;;/h1-5,16,18H,6-14H2,(H,19,22);2*1H. The van der Waals surface area contributed by atoms with Gasteiger partial charge in [-0.05, 0) is 5.56 Å². The highest BCUT2D eigenvalue weighted by molar-refractivity contribution is 5.85. The zero-order chi connectivity index (χ0) is 15.2. The minimum absolute atomic E-state index is 0. The molecule has 0 radical (unpaired) electrons. The largest absolute Gasteiger partial charge is 0.355 e. The number of hydrogen-bond donors (Lipinski definition) is 2. The van der Waals surface area contributed by atoms with Crippen molar-refractivity contribution in [2.75, 3.05) is 52.4 Å². The van der Waals surface area contributed by atoms with Crippen LogP contribution < -0.4 is 10.6 Å². The average molecular weight is 375 g/mol. The Labute approximate surface area is 157 Å². The van der Waals surface area contributed by atoms with Gasteiger partial charge in [-0.3, -0.25) is 14.6 Å². The molecule has 3 rings (SSSR count). The van der Waals surface area contributed by atoms with Crippen molar-refractivity contribution in [3.05, 3.63) is 35.9 Å². The van der Waals surface area contributed by atoms with Crippen LogP contribution in [0.1, 0.15) is 5.56 Å². The summed E-state index contributed by atoms with van der Waals surface area (Å²) in [5.41, 5.74) is 1.36. The van der Waals surface area contributed by atoms with Crippen molar-refractivity contribution in [2.45, 2.75) is 6.54 Å². The van der Waals surface area contributed by atoms with Crippen molar-refractivity contribution in [2.24, 2.45) is 5.92 Å². The van der Waals surface area contributed by atoms with Crippen LogP contribution in [0, 0.1) is 5.92 Å². The maximum atomic E-state index is 11.9. The molecule has 2 saturated heterocycles. The Morgan fingerprint density at radius 1 is 1.04 bits per heavy atom. The molecule has 7 heteroatoms. The average Bonchev–Trinajstić information content (AvgIpc) is 2.49. The SMILES string of the molecule is Cl.Cl.O=C(CN1CCN(Cc2ccccc2)CC1)NCC1CNC1. The second-order valence-electron chi connectivity index (χ2n) is 6.37. The molecule has 1 aromatic rings. The van der Waals surface area contributed by atoms with Gasteiger partial charge in [-0.1, -0.05) is 30.3 Å². The van der Waals surface area contributed by atoms with Gasteiger partial charge in [-0.2, -0.15) is 0 Å². The van der Waals surface area contributed by atoms with Gasteiger partial charge in [-0.15, -0.1) is 24.8 Å². The predicted molar refractivity (Wildman–Crippen MR) is 102 cm³/mol. The zero-order valence-electron chi connectivity index (χ0n) is 13.9. The molecule has 5 nitrogen and oxygen atoms in total. The zero-order valence-corrected chi connectivity index (χ0v) is 15.6. The number of nitrogens with zero attached hydrogens (tertiary/aromatic N) is 2. The molecule has 2 aliphatic heterocycles. The van der Waals surface area contributed by atoms with Gasteiger partial charge in [0.05, 0.1) is 6.54 Å². The Bertz CT molecular complexity index is 477. The highest BCUT2D eigenvalue weighted by atomic mass is 35.5. The lowest BCUT2D eigenvalue weighted by Gasteiger charge is -2.34. The van der Waals surface area contributed by atoms with E-state index in [0.29, 0.717) is 12.5 Å². The molecule has 0 atom stereocenters. The number of halogens is 2. The fraction of sp³-hybridized carbons (Fsp3) is 0.588. The molecule has 0 aromatic heterocycles. The van der Waals surface area contributed by atoms with Crippen molar-refractivity contribution in [1.82, 2.24) is 20.4 Å². The minimum atomic E-state index is 0. The molecule has 1 aromatic carbocycles. The first-order valence-electron chi connectivity index (χ1n) is 8.25. The summed E-state index contributed by atoms with van der Waals surface area (Å²) in [6.07, 6.45) is 0. The summed E-state index contributed by atoms with van der Waals surface area (Å²) < 4.78 is 0. The van der Waals surface area contributed by atoms with Crippen molar-refractivity contribution >= 4 is 30.7 Å². The topological polar surface area (TPSA) is 47.6 Å². The Balaban J connectivity index is 0.00000144. The monoisotopic (exact) mass is 374 g/mol. The van der Waals surface area contributed by atoms with Crippen molar-refractivity contribution in [3.8, 4) is 0 Å². The number of nitrogens with one attached hydrogen (secondary N) is 2. The third-order valence-electron chi connectivity index (χ3n) is 4.54. The number of carbonyl (C=O) groups is 1. The number of benzene rings is 1. The second kappa shape index (κ2) is 10.9. The maximum Gasteiger partial charge on any atom is 0.234 e. The van der Waals surface area contributed by atoms with Gasteiger partial charge in [0, 0.05) is 58.3 Å². The third kappa shape index (κ3) is 6.57. The van der Waals surface area contributed by atoms with Gasteiger partial charge in [0.15, 0.2) is 0 Å². The highest BCUT2D eigenvalue weighted by Crippen LogP contribution is 2.08. The van der Waals surface area contributed by atoms with E-state index in [2.05, 4.69) is 50.8 Å². The van der Waals surface area contributed by atoms with Crippen LogP contribution in [0.5, 0.6) is 0 Å². The molecule has 2 heterocycles. The van der Waals surface area contributed by atoms with Crippen molar-refractivity contribution < 1.29 is 4.79 Å². The molecular weight excluding hydrogens is 347 g/mol. The van der Waals surface area contributed by atoms with Crippen LogP contribution in [0.15, 0.2) is 30.3 Å². The molecule has 0 unspecified atom stereocenters. The van der Waals surface area contributed by atoms with Gasteiger partial charge >= 0.3 is 0 Å². The summed E-state index contributed by atoms with van der Waals surface area (Å²) in [7, 11) is 0. The summed E-state index contributed by atoms with van der Waals surface area (Å²) in [6.45, 7) is 8.48. The van der Waals surface area contributed by atoms with Crippen LogP contribution >= 0.6 is 24.8 Å². The molecule has 1 amide bonds. The summed E-state index contributed by atoms with van der Waals surface area (Å²) in [5, 5.41) is 6.27. The summed E-state index contributed by atoms with van der Waals surface area (Å²) in [6, 6.07) is 10.6. The number of amides is 1. The lowest BCUT2D eigenvalue weighted by molar-refractivity contribution is -0.122. The number of rotatable bonds is 6. The summed E-state index contributed by atoms with van der Waals surface area (Å²) in [4.78, 5) is 16.7. The Hall–Kier alpha value is -0.850. The summed E-state index contributed by atoms with van der Waals surface area (Å²) >= 11 is 0. The number of carbonyl (C=O) groups excluding carboxylic acids is 1. The van der Waals surface area contributed by atoms with E-state index in [0.717, 1.165) is 52.4 Å². The molecule has 0 saturated carbocycles. The van der Waals surface area contributed by atoms with Gasteiger partial charge in [0.25, 0.3) is 0 Å². The van der Waals surface area contributed by atoms with Gasteiger partial charge in [0.1, 0.15) is 0 Å². The molecule has 2 N–H and O–H groups in total. The smallest absolute Gasteiger partial charge is 0.234 e. The Morgan fingerprint density at radius 3 is 2.25 bits per heavy atom. The normalized spacial score (nSPS) is 18.8. The second-order valence-corrected chi connectivity index (χ2v) is 6.37. The quantitative estimate of drug-likeness (QED) is 0.779. The first-order chi connectivity index (χ1) is 10.8. The van der Waals surface area contributed by atoms with E-state index in [1.54, 1.807) is 0 Å². The molecule has 0 spiro atoms. The van der Waals surface area contributed by atoms with E-state index in [1.807, 2.05) is 0 Å². The number of piperazine rings is 1. The molecule has 2 aliphatic rings. The van der Waals surface area contributed by atoms with E-state index in [1.165, 1.54) is 5.56 Å². The van der Waals surface area contributed by atoms with E-state index in [4.69, 9.17) is 0 Å². The Kier molecular flexibility index (Phi) is 9.63. The van der Waals surface area contributed by atoms with E-state index in [-0.39, 0.29) is 30.7 Å². The van der Waals surface area contributed by atoms with Crippen LogP contribution in [0.4, 0.5) is 0 Å². The van der Waals surface area contributed by atoms with Gasteiger partial charge < -0.3 is 10.6 Å². The van der Waals surface area contributed by atoms with Crippen LogP contribution in [0.3, 0.4) is 0 Å². The highest BCUT2D eigenvalue weighted by Gasteiger charge is 2.20. The van der Waals surface area contributed by atoms with Crippen LogP contribution in [-0.2, 0) is 11.3 Å². The summed E-state index contributed by atoms with van der Waals surface area (Å²) in [5.74, 6) is 0.801. The first kappa shape index (κ1) is 21.2. The molecule has 0 bridgehead atoms. The first-order valence-corrected chi connectivity index (χ1v) is 8.25. The van der Waals surface area contributed by atoms with E-state index < -0.39 is 0 Å². The predicted octanol–water partition coefficient (Wildman–Crippen LogP) is 0.983. The van der Waals surface area contributed by atoms with Crippen molar-refractivity contribution in [1.29, 1.82) is 0 Å². The van der Waals surface area contributed by atoms with Crippen LogP contribution in [-0.4, -0.2) is 68.1 Å². The fourth-order valence-corrected chi connectivity index (χ4v) is 2.96. The van der Waals surface area contributed by atoms with Crippen molar-refractivity contribution in [3.63, 3.8) is 0 Å². The molecule has 2 fully saturated rings. The number of hydrogen-bond acceptors (Lipinski definition) is 4. The molecular formula is C17H28Cl2N4O. The lowest BCUT2D eigenvalue weighted by atomic mass is 10.0. The van der Waals surface area contributed by atoms with Crippen LogP contribution in [0.25, 0.3) is 0 Å². The third-order valence-corrected chi connectivity index (χ3v) is 4.54. The van der Waals surface area contributed by atoms with Crippen LogP contribution in [0.2, 0.25) is 0 Å². The molecule has 24 heavy (non-hydrogen) atoms. The van der Waals surface area contributed by atoms with E-state index in [9.17, 15) is 4.79 Å². The molecule has 136 valence electrons. The van der Waals surface area contributed by atoms with Gasteiger partial charge in [0.2, 0.25) is 5.91 Å². The maximum absolute atomic E-state index is 11.9. The lowest BCUT2D eigenvalue weighted by Crippen LogP contribution is -2.51. The Morgan fingerprint density at radius 2 is 1.67 bits per heavy atom. The van der Waals surface area contributed by atoms with Gasteiger partial charge in [-0.25, -0.2) is 0 Å². The minimum Gasteiger partial charge on any atom is -0.355 e. The molecule has 0 aliphatic carbocycles.